The molecule has 1 unspecified atom stereocenters. The van der Waals surface area contributed by atoms with Crippen molar-refractivity contribution in [1.82, 2.24) is 4.57 Å². The number of hydrogen-bond donors (Lipinski definition) is 1. The standard InChI is InChI=1S/C18H19N3O2/c1-12(2)17(21-8-7-13(3)9-16(21)22)18(23)20-15-6-4-5-14(10-15)11-19/h4-10,12,17H,1-3H3,(H,20,23). The average Bonchev–Trinajstić information content (AvgIpc) is 2.49. The highest BCUT2D eigenvalue weighted by Gasteiger charge is 2.25. The van der Waals surface area contributed by atoms with Crippen LogP contribution < -0.4 is 10.9 Å². The van der Waals surface area contributed by atoms with Crippen molar-refractivity contribution in [1.29, 1.82) is 5.26 Å². The van der Waals surface area contributed by atoms with Gasteiger partial charge in [-0.15, -0.1) is 0 Å². The summed E-state index contributed by atoms with van der Waals surface area (Å²) in [5.74, 6) is -0.337. The summed E-state index contributed by atoms with van der Waals surface area (Å²) in [4.78, 5) is 24.8. The fraction of sp³-hybridized carbons (Fsp3) is 0.278. The molecule has 1 heterocycles. The summed E-state index contributed by atoms with van der Waals surface area (Å²) in [6.45, 7) is 5.62. The number of pyridine rings is 1. The van der Waals surface area contributed by atoms with Gasteiger partial charge in [0.05, 0.1) is 11.6 Å². The highest BCUT2D eigenvalue weighted by molar-refractivity contribution is 5.94. The Morgan fingerprint density at radius 2 is 2.00 bits per heavy atom. The maximum Gasteiger partial charge on any atom is 0.251 e. The van der Waals surface area contributed by atoms with Crippen molar-refractivity contribution in [2.45, 2.75) is 26.8 Å². The maximum absolute atomic E-state index is 12.6. The Morgan fingerprint density at radius 1 is 1.26 bits per heavy atom. The van der Waals surface area contributed by atoms with Gasteiger partial charge >= 0.3 is 0 Å². The normalized spacial score (nSPS) is 11.8. The molecule has 0 saturated heterocycles. The molecule has 0 aliphatic carbocycles. The molecular formula is C18H19N3O2. The Kier molecular flexibility index (Phi) is 4.97. The monoisotopic (exact) mass is 309 g/mol. The van der Waals surface area contributed by atoms with E-state index in [9.17, 15) is 9.59 Å². The Labute approximate surface area is 135 Å². The van der Waals surface area contributed by atoms with Gasteiger partial charge in [-0.2, -0.15) is 5.26 Å². The molecule has 0 spiro atoms. The van der Waals surface area contributed by atoms with E-state index in [0.29, 0.717) is 11.3 Å². The predicted molar refractivity (Wildman–Crippen MR) is 89.1 cm³/mol. The van der Waals surface area contributed by atoms with E-state index in [4.69, 9.17) is 5.26 Å². The molecule has 0 aliphatic heterocycles. The topological polar surface area (TPSA) is 74.9 Å². The number of rotatable bonds is 4. The van der Waals surface area contributed by atoms with E-state index >= 15 is 0 Å². The van der Waals surface area contributed by atoms with Crippen LogP contribution in [0.1, 0.15) is 31.0 Å². The molecule has 1 atom stereocenters. The third-order valence-electron chi connectivity index (χ3n) is 3.56. The van der Waals surface area contributed by atoms with Crippen LogP contribution in [0.3, 0.4) is 0 Å². The molecule has 5 heteroatoms. The van der Waals surface area contributed by atoms with E-state index < -0.39 is 6.04 Å². The molecule has 1 aromatic heterocycles. The van der Waals surface area contributed by atoms with E-state index in [1.807, 2.05) is 26.8 Å². The molecule has 1 aromatic carbocycles. The molecule has 0 radical (unpaired) electrons. The quantitative estimate of drug-likeness (QED) is 0.943. The first kappa shape index (κ1) is 16.5. The summed E-state index contributed by atoms with van der Waals surface area (Å²) < 4.78 is 1.45. The summed E-state index contributed by atoms with van der Waals surface area (Å²) in [7, 11) is 0. The zero-order valence-corrected chi connectivity index (χ0v) is 13.4. The van der Waals surface area contributed by atoms with Gasteiger partial charge in [0.2, 0.25) is 5.91 Å². The number of hydrogen-bond acceptors (Lipinski definition) is 3. The zero-order chi connectivity index (χ0) is 17.0. The molecule has 118 valence electrons. The largest absolute Gasteiger partial charge is 0.324 e. The van der Waals surface area contributed by atoms with Crippen LogP contribution >= 0.6 is 0 Å². The summed E-state index contributed by atoms with van der Waals surface area (Å²) in [6.07, 6.45) is 1.65. The molecule has 2 aromatic rings. The second-order valence-electron chi connectivity index (χ2n) is 5.82. The van der Waals surface area contributed by atoms with Crippen molar-refractivity contribution in [2.24, 2.45) is 5.92 Å². The lowest BCUT2D eigenvalue weighted by Crippen LogP contribution is -2.36. The Balaban J connectivity index is 2.32. The Hall–Kier alpha value is -2.87. The number of nitrogens with zero attached hydrogens (tertiary/aromatic N) is 2. The van der Waals surface area contributed by atoms with E-state index in [1.165, 1.54) is 10.6 Å². The van der Waals surface area contributed by atoms with Crippen LogP contribution in [0.25, 0.3) is 0 Å². The number of carbonyl (C=O) groups excluding carboxylic acids is 1. The van der Waals surface area contributed by atoms with Gasteiger partial charge in [-0.05, 0) is 42.7 Å². The molecule has 5 nitrogen and oxygen atoms in total. The Bertz CT molecular complexity index is 816. The van der Waals surface area contributed by atoms with E-state index in [-0.39, 0.29) is 17.4 Å². The summed E-state index contributed by atoms with van der Waals surface area (Å²) >= 11 is 0. The van der Waals surface area contributed by atoms with Crippen LogP contribution in [0.5, 0.6) is 0 Å². The first-order valence-electron chi connectivity index (χ1n) is 7.42. The van der Waals surface area contributed by atoms with Crippen molar-refractivity contribution < 1.29 is 4.79 Å². The fourth-order valence-corrected chi connectivity index (χ4v) is 2.45. The lowest BCUT2D eigenvalue weighted by molar-refractivity contribution is -0.120. The molecule has 1 amide bonds. The minimum Gasteiger partial charge on any atom is -0.324 e. The number of amides is 1. The number of nitrogens with one attached hydrogen (secondary N) is 1. The second kappa shape index (κ2) is 6.93. The summed E-state index contributed by atoms with van der Waals surface area (Å²) in [5.41, 5.74) is 1.66. The van der Waals surface area contributed by atoms with Crippen molar-refractivity contribution >= 4 is 11.6 Å². The van der Waals surface area contributed by atoms with Crippen LogP contribution in [0.15, 0.2) is 47.4 Å². The molecule has 0 fully saturated rings. The van der Waals surface area contributed by atoms with Gasteiger partial charge in [0.25, 0.3) is 5.56 Å². The number of carbonyl (C=O) groups is 1. The number of aryl methyl sites for hydroxylation is 1. The molecule has 1 N–H and O–H groups in total. The van der Waals surface area contributed by atoms with Crippen molar-refractivity contribution in [2.75, 3.05) is 5.32 Å². The highest BCUT2D eigenvalue weighted by atomic mass is 16.2. The zero-order valence-electron chi connectivity index (χ0n) is 13.4. The molecule has 0 aliphatic rings. The Morgan fingerprint density at radius 3 is 2.61 bits per heavy atom. The van der Waals surface area contributed by atoms with E-state index in [0.717, 1.165) is 5.56 Å². The maximum atomic E-state index is 12.6. The molecule has 23 heavy (non-hydrogen) atoms. The predicted octanol–water partition coefficient (Wildman–Crippen LogP) is 2.86. The van der Waals surface area contributed by atoms with E-state index in [2.05, 4.69) is 5.32 Å². The third kappa shape index (κ3) is 3.86. The van der Waals surface area contributed by atoms with Gasteiger partial charge < -0.3 is 9.88 Å². The molecule has 0 bridgehead atoms. The third-order valence-corrected chi connectivity index (χ3v) is 3.56. The summed E-state index contributed by atoms with van der Waals surface area (Å²) in [5, 5.41) is 11.7. The first-order chi connectivity index (χ1) is 10.9. The van der Waals surface area contributed by atoms with Gasteiger partial charge in [0, 0.05) is 18.0 Å². The molecule has 2 rings (SSSR count). The van der Waals surface area contributed by atoms with Crippen LogP contribution in [0, 0.1) is 24.2 Å². The van der Waals surface area contributed by atoms with Gasteiger partial charge in [-0.25, -0.2) is 0 Å². The van der Waals surface area contributed by atoms with Crippen molar-refractivity contribution in [3.05, 3.63) is 64.1 Å². The smallest absolute Gasteiger partial charge is 0.251 e. The highest BCUT2D eigenvalue weighted by Crippen LogP contribution is 2.19. The van der Waals surface area contributed by atoms with Crippen molar-refractivity contribution in [3.8, 4) is 6.07 Å². The van der Waals surface area contributed by atoms with Crippen LogP contribution in [-0.4, -0.2) is 10.5 Å². The lowest BCUT2D eigenvalue weighted by atomic mass is 10.0. The SMILES string of the molecule is Cc1ccn(C(C(=O)Nc2cccc(C#N)c2)C(C)C)c(=O)c1. The number of benzene rings is 1. The fourth-order valence-electron chi connectivity index (χ4n) is 2.45. The van der Waals surface area contributed by atoms with Gasteiger partial charge in [0.15, 0.2) is 0 Å². The van der Waals surface area contributed by atoms with Crippen molar-refractivity contribution in [3.63, 3.8) is 0 Å². The van der Waals surface area contributed by atoms with E-state index in [1.54, 1.807) is 36.5 Å². The molecular weight excluding hydrogens is 290 g/mol. The number of anilines is 1. The minimum atomic E-state index is -0.617. The molecule has 0 saturated carbocycles. The number of nitriles is 1. The first-order valence-corrected chi connectivity index (χ1v) is 7.42. The number of aromatic nitrogens is 1. The second-order valence-corrected chi connectivity index (χ2v) is 5.82. The van der Waals surface area contributed by atoms with Crippen LogP contribution in [0.4, 0.5) is 5.69 Å². The average molecular weight is 309 g/mol. The van der Waals surface area contributed by atoms with Crippen LogP contribution in [-0.2, 0) is 4.79 Å². The van der Waals surface area contributed by atoms with Gasteiger partial charge in [-0.3, -0.25) is 9.59 Å². The lowest BCUT2D eigenvalue weighted by Gasteiger charge is -2.23. The minimum absolute atomic E-state index is 0.0606. The van der Waals surface area contributed by atoms with Gasteiger partial charge in [0.1, 0.15) is 6.04 Å². The van der Waals surface area contributed by atoms with Crippen LogP contribution in [0.2, 0.25) is 0 Å². The van der Waals surface area contributed by atoms with Gasteiger partial charge in [-0.1, -0.05) is 19.9 Å². The summed E-state index contributed by atoms with van der Waals surface area (Å²) in [6, 6.07) is 11.4.